The Morgan fingerprint density at radius 3 is 2.00 bits per heavy atom. The fourth-order valence-corrected chi connectivity index (χ4v) is 3.04. The molecular weight excluding hydrogens is 340 g/mol. The van der Waals surface area contributed by atoms with Crippen molar-refractivity contribution >= 4 is 29.1 Å². The Labute approximate surface area is 158 Å². The van der Waals surface area contributed by atoms with Gasteiger partial charge in [0.2, 0.25) is 0 Å². The minimum absolute atomic E-state index is 0.281. The Morgan fingerprint density at radius 1 is 0.926 bits per heavy atom. The molecule has 7 heteroatoms. The number of hydrogen-bond acceptors (Lipinski definition) is 5. The van der Waals surface area contributed by atoms with E-state index in [2.05, 4.69) is 38.2 Å². The van der Waals surface area contributed by atoms with Gasteiger partial charge in [0.25, 0.3) is 0 Å². The average molecular weight is 362 g/mol. The van der Waals surface area contributed by atoms with Crippen molar-refractivity contribution in [1.29, 1.82) is 0 Å². The first-order chi connectivity index (χ1) is 13.2. The topological polar surface area (TPSA) is 89.9 Å². The molecule has 27 heavy (non-hydrogen) atoms. The molecule has 2 aliphatic heterocycles. The largest absolute Gasteiger partial charge is 0.368 e. The summed E-state index contributed by atoms with van der Waals surface area (Å²) in [6, 6.07) is 15.3. The zero-order valence-electron chi connectivity index (χ0n) is 15.1. The molecule has 2 aromatic rings. The number of amidine groups is 2. The molecule has 0 aromatic heterocycles. The third-order valence-corrected chi connectivity index (χ3v) is 4.41. The number of carbonyl (C=O) groups is 1. The van der Waals surface area contributed by atoms with E-state index >= 15 is 0 Å². The van der Waals surface area contributed by atoms with Crippen molar-refractivity contribution in [2.24, 2.45) is 9.98 Å². The number of nitrogens with one attached hydrogen (secondary N) is 4. The summed E-state index contributed by atoms with van der Waals surface area (Å²) in [5.74, 6) is 1.81. The van der Waals surface area contributed by atoms with E-state index in [9.17, 15) is 4.79 Å². The number of anilines is 2. The second kappa shape index (κ2) is 7.49. The fourth-order valence-electron chi connectivity index (χ4n) is 3.04. The van der Waals surface area contributed by atoms with Crippen LogP contribution in [0.25, 0.3) is 0 Å². The monoisotopic (exact) mass is 362 g/mol. The predicted molar refractivity (Wildman–Crippen MR) is 109 cm³/mol. The van der Waals surface area contributed by atoms with Crippen LogP contribution in [0.1, 0.15) is 18.1 Å². The van der Waals surface area contributed by atoms with Crippen LogP contribution in [0.5, 0.6) is 0 Å². The van der Waals surface area contributed by atoms with E-state index in [1.165, 1.54) is 0 Å². The summed E-state index contributed by atoms with van der Waals surface area (Å²) >= 11 is 0. The van der Waals surface area contributed by atoms with Crippen LogP contribution in [0.4, 0.5) is 16.2 Å². The number of carbonyl (C=O) groups excluding carboxylic acids is 1. The molecule has 0 radical (unpaired) electrons. The predicted octanol–water partition coefficient (Wildman–Crippen LogP) is 2.42. The minimum Gasteiger partial charge on any atom is -0.368 e. The molecule has 138 valence electrons. The highest BCUT2D eigenvalue weighted by molar-refractivity contribution is 6.03. The number of amides is 2. The van der Waals surface area contributed by atoms with Crippen LogP contribution in [0.2, 0.25) is 0 Å². The second-order valence-corrected chi connectivity index (χ2v) is 6.63. The van der Waals surface area contributed by atoms with Gasteiger partial charge in [0.15, 0.2) is 0 Å². The first kappa shape index (κ1) is 17.1. The lowest BCUT2D eigenvalue weighted by Crippen LogP contribution is -2.27. The molecule has 0 aliphatic carbocycles. The Balaban J connectivity index is 1.33. The number of rotatable bonds is 4. The highest BCUT2D eigenvalue weighted by Crippen LogP contribution is 2.14. The molecule has 0 saturated heterocycles. The zero-order chi connectivity index (χ0) is 18.6. The fraction of sp³-hybridized carbons (Fsp3) is 0.250. The molecule has 0 spiro atoms. The smallest absolute Gasteiger partial charge is 0.323 e. The number of aliphatic imine (C=N–C) groups is 2. The summed E-state index contributed by atoms with van der Waals surface area (Å²) in [4.78, 5) is 21.1. The van der Waals surface area contributed by atoms with E-state index in [0.717, 1.165) is 53.8 Å². The van der Waals surface area contributed by atoms with Gasteiger partial charge in [-0.3, -0.25) is 9.98 Å². The standard InChI is InChI=1S/C20H22N6O/c1-13-12-23-19(24-13)15-4-8-17(9-5-15)26-20(27)25-16-6-2-14(3-7-16)18-21-10-11-22-18/h2-9,13H,10-12H2,1H3,(H,21,22)(H,23,24)(H2,25,26,27). The van der Waals surface area contributed by atoms with Crippen LogP contribution in [0, 0.1) is 0 Å². The molecule has 4 rings (SSSR count). The van der Waals surface area contributed by atoms with E-state index in [1.54, 1.807) is 0 Å². The van der Waals surface area contributed by atoms with Gasteiger partial charge in [0, 0.05) is 35.1 Å². The van der Waals surface area contributed by atoms with Gasteiger partial charge in [-0.15, -0.1) is 0 Å². The van der Waals surface area contributed by atoms with E-state index < -0.39 is 0 Å². The van der Waals surface area contributed by atoms with Crippen molar-refractivity contribution in [3.63, 3.8) is 0 Å². The van der Waals surface area contributed by atoms with Gasteiger partial charge in [-0.1, -0.05) is 0 Å². The quantitative estimate of drug-likeness (QED) is 0.673. The van der Waals surface area contributed by atoms with Gasteiger partial charge in [-0.05, 0) is 55.5 Å². The maximum absolute atomic E-state index is 12.2. The zero-order valence-corrected chi connectivity index (χ0v) is 15.1. The third-order valence-electron chi connectivity index (χ3n) is 4.41. The molecule has 7 nitrogen and oxygen atoms in total. The van der Waals surface area contributed by atoms with Crippen molar-refractivity contribution in [3.05, 3.63) is 59.7 Å². The SMILES string of the molecule is CC1CN=C(c2ccc(NC(=O)Nc3ccc(C4=NCCN4)cc3)cc2)N1. The van der Waals surface area contributed by atoms with E-state index in [1.807, 2.05) is 48.5 Å². The Kier molecular flexibility index (Phi) is 4.74. The summed E-state index contributed by atoms with van der Waals surface area (Å²) in [5.41, 5.74) is 3.49. The summed E-state index contributed by atoms with van der Waals surface area (Å²) in [5, 5.41) is 12.2. The number of hydrogen-bond donors (Lipinski definition) is 4. The summed E-state index contributed by atoms with van der Waals surface area (Å²) in [6.45, 7) is 4.57. The Hall–Kier alpha value is -3.35. The van der Waals surface area contributed by atoms with Crippen molar-refractivity contribution in [2.45, 2.75) is 13.0 Å². The highest BCUT2D eigenvalue weighted by atomic mass is 16.2. The molecule has 4 N–H and O–H groups in total. The molecule has 2 amide bonds. The van der Waals surface area contributed by atoms with Crippen LogP contribution < -0.4 is 21.3 Å². The van der Waals surface area contributed by atoms with E-state index in [4.69, 9.17) is 0 Å². The molecule has 0 fully saturated rings. The summed E-state index contributed by atoms with van der Waals surface area (Å²) in [6.07, 6.45) is 0. The van der Waals surface area contributed by atoms with E-state index in [-0.39, 0.29) is 6.03 Å². The van der Waals surface area contributed by atoms with Crippen molar-refractivity contribution < 1.29 is 4.79 Å². The number of nitrogens with zero attached hydrogens (tertiary/aromatic N) is 2. The average Bonchev–Trinajstić information content (AvgIpc) is 3.35. The van der Waals surface area contributed by atoms with Crippen molar-refractivity contribution in [1.82, 2.24) is 10.6 Å². The molecule has 0 saturated carbocycles. The molecule has 2 heterocycles. The third kappa shape index (κ3) is 4.08. The van der Waals surface area contributed by atoms with Crippen LogP contribution >= 0.6 is 0 Å². The lowest BCUT2D eigenvalue weighted by atomic mass is 10.2. The van der Waals surface area contributed by atoms with Crippen molar-refractivity contribution in [3.8, 4) is 0 Å². The van der Waals surface area contributed by atoms with Gasteiger partial charge >= 0.3 is 6.03 Å². The molecule has 1 atom stereocenters. The Bertz CT molecular complexity index is 886. The highest BCUT2D eigenvalue weighted by Gasteiger charge is 2.14. The van der Waals surface area contributed by atoms with Crippen LogP contribution in [-0.4, -0.2) is 43.4 Å². The molecular formula is C20H22N6O. The number of benzene rings is 2. The number of urea groups is 1. The lowest BCUT2D eigenvalue weighted by Gasteiger charge is -2.10. The maximum atomic E-state index is 12.2. The van der Waals surface area contributed by atoms with Crippen LogP contribution in [-0.2, 0) is 0 Å². The second-order valence-electron chi connectivity index (χ2n) is 6.63. The lowest BCUT2D eigenvalue weighted by molar-refractivity contribution is 0.262. The van der Waals surface area contributed by atoms with Crippen LogP contribution in [0.15, 0.2) is 58.5 Å². The van der Waals surface area contributed by atoms with Gasteiger partial charge < -0.3 is 21.3 Å². The van der Waals surface area contributed by atoms with Gasteiger partial charge in [-0.2, -0.15) is 0 Å². The molecule has 1 unspecified atom stereocenters. The van der Waals surface area contributed by atoms with Gasteiger partial charge in [0.05, 0.1) is 13.1 Å². The Morgan fingerprint density at radius 2 is 1.52 bits per heavy atom. The summed E-state index contributed by atoms with van der Waals surface area (Å²) in [7, 11) is 0. The minimum atomic E-state index is -0.281. The maximum Gasteiger partial charge on any atom is 0.323 e. The molecule has 2 aliphatic rings. The molecule has 2 aromatic carbocycles. The first-order valence-corrected chi connectivity index (χ1v) is 9.05. The van der Waals surface area contributed by atoms with Crippen LogP contribution in [0.3, 0.4) is 0 Å². The van der Waals surface area contributed by atoms with Gasteiger partial charge in [0.1, 0.15) is 11.7 Å². The summed E-state index contributed by atoms with van der Waals surface area (Å²) < 4.78 is 0. The van der Waals surface area contributed by atoms with E-state index in [0.29, 0.717) is 6.04 Å². The first-order valence-electron chi connectivity index (χ1n) is 9.05. The normalized spacial score (nSPS) is 18.2. The van der Waals surface area contributed by atoms with Crippen molar-refractivity contribution in [2.75, 3.05) is 30.3 Å². The molecule has 0 bridgehead atoms. The van der Waals surface area contributed by atoms with Gasteiger partial charge in [-0.25, -0.2) is 4.79 Å².